The van der Waals surface area contributed by atoms with Gasteiger partial charge < -0.3 is 24.2 Å². The zero-order chi connectivity index (χ0) is 17.4. The van der Waals surface area contributed by atoms with Gasteiger partial charge in [-0.05, 0) is 0 Å². The van der Waals surface area contributed by atoms with Gasteiger partial charge in [0.05, 0.1) is 0 Å². The maximum atomic E-state index is 11.3. The molecule has 1 aromatic rings. The molecule has 10 nitrogen and oxygen atoms in total. The molecule has 0 saturated carbocycles. The molecule has 0 saturated heterocycles. The molecule has 5 N–H and O–H groups in total. The first-order valence-electron chi connectivity index (χ1n) is 4.49. The number of benzene rings is 1. The molecule has 0 aliphatic heterocycles. The maximum absolute atomic E-state index is 11.3. The fraction of sp³-hybridized carbons (Fsp3) is 0. The third-order valence-corrected chi connectivity index (χ3v) is 7.18. The van der Waals surface area contributed by atoms with E-state index in [9.17, 15) is 34.7 Å². The molecule has 0 spiro atoms. The summed E-state index contributed by atoms with van der Waals surface area (Å²) < 4.78 is 102. The Bertz CT molecular complexity index is 714. The summed E-state index contributed by atoms with van der Waals surface area (Å²) in [5, 5.41) is 0. The molecular formula is C6H7NaO10S6. The van der Waals surface area contributed by atoms with Crippen molar-refractivity contribution in [3.05, 3.63) is 0 Å². The fourth-order valence-corrected chi connectivity index (χ4v) is 6.86. The van der Waals surface area contributed by atoms with Crippen molar-refractivity contribution in [3.8, 4) is 0 Å². The van der Waals surface area contributed by atoms with E-state index >= 15 is 0 Å². The molecule has 23 heavy (non-hydrogen) atoms. The second kappa shape index (κ2) is 9.72. The molecular weight excluding hydrogens is 447 g/mol. The van der Waals surface area contributed by atoms with Crippen LogP contribution in [0.25, 0.3) is 0 Å². The molecule has 1 aromatic carbocycles. The summed E-state index contributed by atoms with van der Waals surface area (Å²) in [5.41, 5.74) is 0. The van der Waals surface area contributed by atoms with Crippen molar-refractivity contribution in [1.29, 1.82) is 0 Å². The molecule has 0 amide bonds. The Kier molecular flexibility index (Phi) is 10.2. The van der Waals surface area contributed by atoms with E-state index in [1.165, 1.54) is 0 Å². The third-order valence-electron chi connectivity index (χ3n) is 2.13. The van der Waals surface area contributed by atoms with Gasteiger partial charge >= 0.3 is 29.6 Å². The summed E-state index contributed by atoms with van der Waals surface area (Å²) in [6, 6.07) is 0. The molecule has 0 aliphatic carbocycles. The molecule has 5 atom stereocenters. The van der Waals surface area contributed by atoms with E-state index in [1.807, 2.05) is 0 Å². The average Bonchev–Trinajstić information content (AvgIpc) is 2.34. The Balaban J connectivity index is 0. The number of hydrogen-bond donors (Lipinski definition) is 6. The molecule has 0 radical (unpaired) electrons. The minimum atomic E-state index is -3.19. The summed E-state index contributed by atoms with van der Waals surface area (Å²) in [7, 11) is 0. The van der Waals surface area contributed by atoms with E-state index in [0.29, 0.717) is 0 Å². The van der Waals surface area contributed by atoms with Crippen molar-refractivity contribution in [1.82, 2.24) is 0 Å². The Morgan fingerprint density at radius 1 is 0.565 bits per heavy atom. The van der Waals surface area contributed by atoms with Crippen molar-refractivity contribution in [2.75, 3.05) is 0 Å². The van der Waals surface area contributed by atoms with Crippen LogP contribution in [0, 0.1) is 0 Å². The van der Waals surface area contributed by atoms with Crippen molar-refractivity contribution in [3.63, 3.8) is 0 Å². The molecule has 0 fully saturated rings. The van der Waals surface area contributed by atoms with Gasteiger partial charge in [-0.1, -0.05) is 0 Å². The maximum Gasteiger partial charge on any atom is 1.00 e. The van der Waals surface area contributed by atoms with Crippen LogP contribution in [0.5, 0.6) is 0 Å². The predicted molar refractivity (Wildman–Crippen MR) is 80.0 cm³/mol. The number of rotatable bonds is 5. The quantitative estimate of drug-likeness (QED) is 0.152. The molecule has 5 unspecified atom stereocenters. The molecule has 0 aromatic heterocycles. The summed E-state index contributed by atoms with van der Waals surface area (Å²) in [5.74, 6) is 0. The molecule has 128 valence electrons. The monoisotopic (exact) mass is 454 g/mol. The van der Waals surface area contributed by atoms with E-state index in [0.717, 1.165) is 0 Å². The van der Waals surface area contributed by atoms with E-state index in [-0.39, 0.29) is 31.0 Å². The SMILES string of the molecule is O=S(O)c1c(S)c(S(=O)O)c(S(=O)O)c(S(=O)O)c1S(=O)O.[H-].[Na+]. The summed E-state index contributed by atoms with van der Waals surface area (Å²) >= 11 is -11.9. The zero-order valence-corrected chi connectivity index (χ0v) is 17.7. The minimum Gasteiger partial charge on any atom is -1.00 e. The first kappa shape index (κ1) is 24.1. The largest absolute Gasteiger partial charge is 1.00 e. The smallest absolute Gasteiger partial charge is 1.00 e. The second-order valence-electron chi connectivity index (χ2n) is 3.24. The first-order valence-corrected chi connectivity index (χ1v) is 10.5. The fourth-order valence-electron chi connectivity index (χ4n) is 1.43. The Labute approximate surface area is 170 Å². The van der Waals surface area contributed by atoms with Gasteiger partial charge in [0.25, 0.3) is 0 Å². The van der Waals surface area contributed by atoms with E-state index < -0.39 is 84.8 Å². The zero-order valence-electron chi connectivity index (χ0n) is 11.8. The van der Waals surface area contributed by atoms with Gasteiger partial charge in [-0.15, -0.1) is 12.6 Å². The van der Waals surface area contributed by atoms with E-state index in [1.54, 1.807) is 0 Å². The van der Waals surface area contributed by atoms with Crippen LogP contribution in [0.4, 0.5) is 0 Å². The van der Waals surface area contributed by atoms with E-state index in [4.69, 9.17) is 9.11 Å². The van der Waals surface area contributed by atoms with Gasteiger partial charge in [-0.3, -0.25) is 0 Å². The summed E-state index contributed by atoms with van der Waals surface area (Å²) in [6.07, 6.45) is 0. The normalized spacial score (nSPS) is 17.7. The van der Waals surface area contributed by atoms with Crippen molar-refractivity contribution in [2.24, 2.45) is 0 Å². The van der Waals surface area contributed by atoms with Crippen LogP contribution in [0.15, 0.2) is 29.4 Å². The van der Waals surface area contributed by atoms with Crippen LogP contribution in [0.1, 0.15) is 1.43 Å². The molecule has 0 aliphatic rings. The van der Waals surface area contributed by atoms with Gasteiger partial charge in [-0.25, -0.2) is 21.0 Å². The topological polar surface area (TPSA) is 186 Å². The molecule has 17 heteroatoms. The molecule has 1 rings (SSSR count). The Morgan fingerprint density at radius 2 is 0.739 bits per heavy atom. The van der Waals surface area contributed by atoms with Gasteiger partial charge in [0.1, 0.15) is 24.5 Å². The first-order chi connectivity index (χ1) is 10.0. The van der Waals surface area contributed by atoms with Gasteiger partial charge in [-0.2, -0.15) is 0 Å². The third kappa shape index (κ3) is 5.07. The predicted octanol–water partition coefficient (Wildman–Crippen LogP) is -3.01. The van der Waals surface area contributed by atoms with E-state index in [2.05, 4.69) is 12.6 Å². The van der Waals surface area contributed by atoms with Crippen LogP contribution >= 0.6 is 12.6 Å². The van der Waals surface area contributed by atoms with Crippen LogP contribution in [-0.2, 0) is 55.4 Å². The number of thiol groups is 1. The van der Waals surface area contributed by atoms with Gasteiger partial charge in [0, 0.05) is 4.90 Å². The van der Waals surface area contributed by atoms with Crippen LogP contribution in [0.2, 0.25) is 0 Å². The van der Waals surface area contributed by atoms with Crippen molar-refractivity contribution < 1.29 is 74.8 Å². The molecule has 0 bridgehead atoms. The van der Waals surface area contributed by atoms with Gasteiger partial charge in [0.15, 0.2) is 55.4 Å². The summed E-state index contributed by atoms with van der Waals surface area (Å²) in [6.45, 7) is 0. The minimum absolute atomic E-state index is 0. The van der Waals surface area contributed by atoms with Crippen molar-refractivity contribution in [2.45, 2.75) is 29.4 Å². The van der Waals surface area contributed by atoms with Crippen molar-refractivity contribution >= 4 is 68.0 Å². The average molecular weight is 455 g/mol. The van der Waals surface area contributed by atoms with Crippen LogP contribution in [0.3, 0.4) is 0 Å². The Hall–Kier alpha value is 1.12. The number of hydrogen-bond acceptors (Lipinski definition) is 6. The van der Waals surface area contributed by atoms with Crippen LogP contribution < -0.4 is 29.6 Å². The second-order valence-corrected chi connectivity index (χ2v) is 8.22. The molecule has 0 heterocycles. The standard InChI is InChI=1S/C6H6O10S6.Na.H/c7-18(8)2-1(17)3(19(9)10)5(21(13)14)6(22(15)16)4(2)20(11)12;;/h17H,(H,7,8)(H,9,10)(H,11,12)(H,13,14)(H,15,16);;/q;+1;-1. The van der Waals surface area contributed by atoms with Gasteiger partial charge in [0.2, 0.25) is 0 Å². The van der Waals surface area contributed by atoms with Crippen LogP contribution in [-0.4, -0.2) is 43.8 Å². The summed E-state index contributed by atoms with van der Waals surface area (Å²) in [4.78, 5) is -6.20. The Morgan fingerprint density at radius 3 is 0.913 bits per heavy atom.